The summed E-state index contributed by atoms with van der Waals surface area (Å²) in [6, 6.07) is 18.5. The summed E-state index contributed by atoms with van der Waals surface area (Å²) in [6.45, 7) is 3.92. The van der Waals surface area contributed by atoms with Crippen LogP contribution in [0.5, 0.6) is 0 Å². The van der Waals surface area contributed by atoms with Crippen molar-refractivity contribution in [1.82, 2.24) is 0 Å². The van der Waals surface area contributed by atoms with Crippen LogP contribution in [0.2, 0.25) is 0 Å². The Labute approximate surface area is 180 Å². The van der Waals surface area contributed by atoms with E-state index < -0.39 is 10.8 Å². The number of hydrogen-bond donors (Lipinski definition) is 3. The first-order chi connectivity index (χ1) is 14.3. The van der Waals surface area contributed by atoms with Crippen LogP contribution >= 0.6 is 12.6 Å². The van der Waals surface area contributed by atoms with Crippen molar-refractivity contribution in [2.24, 2.45) is 0 Å². The smallest absolute Gasteiger partial charge is 0.338 e. The molecule has 0 amide bonds. The molecule has 0 saturated carbocycles. The zero-order chi connectivity index (χ0) is 21.5. The summed E-state index contributed by atoms with van der Waals surface area (Å²) in [5.74, 6) is 0.173. The minimum atomic E-state index is -0.404. The molecule has 6 heteroatoms. The summed E-state index contributed by atoms with van der Waals surface area (Å²) in [6.07, 6.45) is 0. The minimum absolute atomic E-state index is 0.351. The van der Waals surface area contributed by atoms with E-state index in [0.29, 0.717) is 22.3 Å². The molecule has 0 saturated heterocycles. The molecule has 1 aliphatic heterocycles. The molecule has 2 aromatic rings. The lowest BCUT2D eigenvalue weighted by Crippen LogP contribution is -2.22. The Morgan fingerprint density at radius 1 is 1.07 bits per heavy atom. The Bertz CT molecular complexity index is 1290. The molecule has 2 aromatic carbocycles. The average molecular weight is 419 g/mol. The van der Waals surface area contributed by atoms with E-state index in [4.69, 9.17) is 14.6 Å². The number of esters is 1. The number of fused-ring (bicyclic) bond motifs is 2. The van der Waals surface area contributed by atoms with E-state index >= 15 is 0 Å². The SMILES string of the molecule is COC(=O)c1ccccc1-c1c2ccc(=N)cc-2oc2cc(NC(C)(C)S)ccc12. The van der Waals surface area contributed by atoms with Crippen molar-refractivity contribution in [3.63, 3.8) is 0 Å². The molecule has 0 radical (unpaired) electrons. The number of methoxy groups -OCH3 is 1. The van der Waals surface area contributed by atoms with Gasteiger partial charge in [-0.05, 0) is 49.7 Å². The molecule has 0 unspecified atom stereocenters. The molecule has 30 heavy (non-hydrogen) atoms. The molecule has 5 nitrogen and oxygen atoms in total. The number of anilines is 1. The van der Waals surface area contributed by atoms with Gasteiger partial charge in [-0.2, -0.15) is 12.6 Å². The summed E-state index contributed by atoms with van der Waals surface area (Å²) in [7, 11) is 1.37. The Hall–Kier alpha value is -3.25. The van der Waals surface area contributed by atoms with Crippen LogP contribution in [0.15, 0.2) is 65.1 Å². The molecule has 4 rings (SSSR count). The van der Waals surface area contributed by atoms with Crippen molar-refractivity contribution in [1.29, 1.82) is 5.41 Å². The van der Waals surface area contributed by atoms with Crippen molar-refractivity contribution in [3.05, 3.63) is 71.6 Å². The number of rotatable bonds is 4. The van der Waals surface area contributed by atoms with Gasteiger partial charge in [0.15, 0.2) is 0 Å². The topological polar surface area (TPSA) is 75.3 Å². The van der Waals surface area contributed by atoms with Crippen LogP contribution in [0, 0.1) is 5.41 Å². The summed E-state index contributed by atoms with van der Waals surface area (Å²) >= 11 is 4.54. The molecule has 1 aliphatic carbocycles. The van der Waals surface area contributed by atoms with Gasteiger partial charge in [-0.25, -0.2) is 4.79 Å². The predicted octanol–water partition coefficient (Wildman–Crippen LogP) is 5.55. The number of carbonyl (C=O) groups is 1. The van der Waals surface area contributed by atoms with Crippen LogP contribution in [0.4, 0.5) is 5.69 Å². The predicted molar refractivity (Wildman–Crippen MR) is 122 cm³/mol. The van der Waals surface area contributed by atoms with Gasteiger partial charge in [-0.3, -0.25) is 0 Å². The Morgan fingerprint density at radius 3 is 2.57 bits per heavy atom. The van der Waals surface area contributed by atoms with Gasteiger partial charge in [0, 0.05) is 34.3 Å². The zero-order valence-electron chi connectivity index (χ0n) is 16.9. The molecule has 0 aromatic heterocycles. The first-order valence-electron chi connectivity index (χ1n) is 9.50. The first kappa shape index (κ1) is 20.0. The lowest BCUT2D eigenvalue weighted by molar-refractivity contribution is 0.0601. The Morgan fingerprint density at radius 2 is 1.83 bits per heavy atom. The zero-order valence-corrected chi connectivity index (χ0v) is 17.8. The molecule has 1 heterocycles. The minimum Gasteiger partial charge on any atom is -0.465 e. The lowest BCUT2D eigenvalue weighted by atomic mass is 9.90. The first-order valence-corrected chi connectivity index (χ1v) is 9.95. The van der Waals surface area contributed by atoms with E-state index in [9.17, 15) is 4.79 Å². The Kier molecular flexibility index (Phi) is 5.03. The standard InChI is InChI=1S/C24H22N2O3S/c1-24(2,30)26-15-9-11-19-21(13-15)29-20-12-14(25)8-10-18(20)22(19)16-6-4-5-7-17(16)23(27)28-3/h4-13,25-26,30H,1-3H3. The molecule has 0 bridgehead atoms. The van der Waals surface area contributed by atoms with Gasteiger partial charge in [0.2, 0.25) is 0 Å². The molecule has 0 fully saturated rings. The van der Waals surface area contributed by atoms with E-state index in [2.05, 4.69) is 17.9 Å². The van der Waals surface area contributed by atoms with Crippen molar-refractivity contribution in [2.45, 2.75) is 18.7 Å². The van der Waals surface area contributed by atoms with Crippen molar-refractivity contribution < 1.29 is 13.9 Å². The maximum atomic E-state index is 12.5. The highest BCUT2D eigenvalue weighted by Crippen LogP contribution is 2.42. The summed E-state index contributed by atoms with van der Waals surface area (Å²) in [5, 5.41) is 12.5. The molecular formula is C24H22N2O3S. The van der Waals surface area contributed by atoms with Gasteiger partial charge < -0.3 is 19.9 Å². The highest BCUT2D eigenvalue weighted by molar-refractivity contribution is 7.81. The van der Waals surface area contributed by atoms with Crippen LogP contribution in [0.25, 0.3) is 33.4 Å². The van der Waals surface area contributed by atoms with Crippen LogP contribution in [0.3, 0.4) is 0 Å². The largest absolute Gasteiger partial charge is 0.465 e. The van der Waals surface area contributed by atoms with Crippen LogP contribution in [-0.2, 0) is 4.74 Å². The second-order valence-electron chi connectivity index (χ2n) is 7.62. The lowest BCUT2D eigenvalue weighted by Gasteiger charge is -2.22. The summed E-state index contributed by atoms with van der Waals surface area (Å²) in [5.41, 5.74) is 4.42. The van der Waals surface area contributed by atoms with Crippen LogP contribution < -0.4 is 10.7 Å². The Balaban J connectivity index is 2.07. The second-order valence-corrected chi connectivity index (χ2v) is 8.74. The third kappa shape index (κ3) is 3.78. The maximum absolute atomic E-state index is 12.5. The number of ether oxygens (including phenoxy) is 1. The fourth-order valence-corrected chi connectivity index (χ4v) is 3.73. The third-order valence-corrected chi connectivity index (χ3v) is 4.89. The normalized spacial score (nSPS) is 11.6. The molecular weight excluding hydrogens is 396 g/mol. The molecule has 2 aliphatic rings. The fourth-order valence-electron chi connectivity index (χ4n) is 3.60. The van der Waals surface area contributed by atoms with E-state index in [1.807, 2.05) is 56.3 Å². The fraction of sp³-hybridized carbons (Fsp3) is 0.167. The highest BCUT2D eigenvalue weighted by atomic mass is 32.1. The number of nitrogens with one attached hydrogen (secondary N) is 2. The monoisotopic (exact) mass is 418 g/mol. The van der Waals surface area contributed by atoms with Gasteiger partial charge in [0.25, 0.3) is 0 Å². The molecule has 152 valence electrons. The number of carbonyl (C=O) groups excluding carboxylic acids is 1. The summed E-state index contributed by atoms with van der Waals surface area (Å²) < 4.78 is 11.2. The molecule has 0 atom stereocenters. The van der Waals surface area contributed by atoms with Gasteiger partial charge in [0.05, 0.1) is 22.9 Å². The molecule has 2 N–H and O–H groups in total. The summed E-state index contributed by atoms with van der Waals surface area (Å²) in [4.78, 5) is 12.0. The van der Waals surface area contributed by atoms with Crippen LogP contribution in [0.1, 0.15) is 24.2 Å². The average Bonchev–Trinajstić information content (AvgIpc) is 2.70. The van der Waals surface area contributed by atoms with Crippen molar-refractivity contribution >= 4 is 35.3 Å². The van der Waals surface area contributed by atoms with Gasteiger partial charge in [-0.15, -0.1) is 0 Å². The number of hydrogen-bond acceptors (Lipinski definition) is 6. The third-order valence-electron chi connectivity index (χ3n) is 4.77. The quantitative estimate of drug-likeness (QED) is 0.176. The molecule has 0 spiro atoms. The van der Waals surface area contributed by atoms with E-state index in [0.717, 1.165) is 27.8 Å². The van der Waals surface area contributed by atoms with Gasteiger partial charge in [-0.1, -0.05) is 18.2 Å². The second kappa shape index (κ2) is 7.54. The van der Waals surface area contributed by atoms with Crippen molar-refractivity contribution in [2.75, 3.05) is 12.4 Å². The number of benzene rings is 3. The van der Waals surface area contributed by atoms with Gasteiger partial charge >= 0.3 is 5.97 Å². The van der Waals surface area contributed by atoms with Gasteiger partial charge in [0.1, 0.15) is 11.3 Å². The number of thiol groups is 1. The maximum Gasteiger partial charge on any atom is 0.338 e. The van der Waals surface area contributed by atoms with E-state index in [-0.39, 0.29) is 0 Å². The van der Waals surface area contributed by atoms with Crippen molar-refractivity contribution in [3.8, 4) is 22.5 Å². The van der Waals surface area contributed by atoms with E-state index in [1.165, 1.54) is 7.11 Å². The van der Waals surface area contributed by atoms with Crippen LogP contribution in [-0.4, -0.2) is 18.0 Å². The highest BCUT2D eigenvalue weighted by Gasteiger charge is 2.22. The van der Waals surface area contributed by atoms with E-state index in [1.54, 1.807) is 18.2 Å².